The zero-order valence-corrected chi connectivity index (χ0v) is 12.0. The molecule has 1 aliphatic heterocycles. The molecule has 102 valence electrons. The van der Waals surface area contributed by atoms with Crippen LogP contribution < -0.4 is 16.0 Å². The number of hydrogen-bond donors (Lipinski definition) is 2. The maximum atomic E-state index is 12.0. The second kappa shape index (κ2) is 6.16. The molecule has 0 spiro atoms. The first-order valence-electron chi connectivity index (χ1n) is 6.15. The fourth-order valence-electron chi connectivity index (χ4n) is 2.12. The summed E-state index contributed by atoms with van der Waals surface area (Å²) in [4.78, 5) is 25.5. The number of benzene rings is 1. The number of hydrogen-bond acceptors (Lipinski definition) is 3. The fraction of sp³-hybridized carbons (Fsp3) is 0.385. The van der Waals surface area contributed by atoms with Crippen LogP contribution in [0.1, 0.15) is 6.42 Å². The maximum absolute atomic E-state index is 12.0. The molecule has 6 heteroatoms. The Kier molecular flexibility index (Phi) is 4.55. The monoisotopic (exact) mass is 325 g/mol. The molecule has 19 heavy (non-hydrogen) atoms. The highest BCUT2D eigenvalue weighted by atomic mass is 79.9. The molecular weight excluding hydrogens is 310 g/mol. The van der Waals surface area contributed by atoms with E-state index in [4.69, 9.17) is 5.73 Å². The summed E-state index contributed by atoms with van der Waals surface area (Å²) in [6.07, 6.45) is 0.253. The van der Waals surface area contributed by atoms with Crippen LogP contribution in [0.4, 0.5) is 5.69 Å². The second-order valence-corrected chi connectivity index (χ2v) is 5.38. The lowest BCUT2D eigenvalue weighted by Crippen LogP contribution is -2.35. The van der Waals surface area contributed by atoms with Gasteiger partial charge in [-0.1, -0.05) is 22.0 Å². The van der Waals surface area contributed by atoms with Gasteiger partial charge in [-0.05, 0) is 18.2 Å². The van der Waals surface area contributed by atoms with E-state index < -0.39 is 0 Å². The van der Waals surface area contributed by atoms with E-state index in [1.54, 1.807) is 4.90 Å². The average molecular weight is 326 g/mol. The summed E-state index contributed by atoms with van der Waals surface area (Å²) in [5.41, 5.74) is 6.15. The van der Waals surface area contributed by atoms with Gasteiger partial charge in [-0.15, -0.1) is 0 Å². The van der Waals surface area contributed by atoms with Crippen molar-refractivity contribution in [3.8, 4) is 0 Å². The van der Waals surface area contributed by atoms with Crippen molar-refractivity contribution >= 4 is 33.4 Å². The topological polar surface area (TPSA) is 75.4 Å². The first kappa shape index (κ1) is 14.0. The van der Waals surface area contributed by atoms with Gasteiger partial charge >= 0.3 is 0 Å². The third-order valence-electron chi connectivity index (χ3n) is 3.06. The number of nitrogens with zero attached hydrogens (tertiary/aromatic N) is 1. The zero-order valence-electron chi connectivity index (χ0n) is 10.4. The Morgan fingerprint density at radius 3 is 3.00 bits per heavy atom. The van der Waals surface area contributed by atoms with E-state index in [-0.39, 0.29) is 24.2 Å². The summed E-state index contributed by atoms with van der Waals surface area (Å²) in [5, 5.41) is 2.73. The molecular formula is C13H16BrN3O2. The van der Waals surface area contributed by atoms with E-state index in [2.05, 4.69) is 21.2 Å². The second-order valence-electron chi connectivity index (χ2n) is 4.46. The van der Waals surface area contributed by atoms with Crippen LogP contribution >= 0.6 is 15.9 Å². The first-order valence-corrected chi connectivity index (χ1v) is 6.95. The Morgan fingerprint density at radius 1 is 1.53 bits per heavy atom. The van der Waals surface area contributed by atoms with E-state index in [0.29, 0.717) is 19.6 Å². The van der Waals surface area contributed by atoms with E-state index in [9.17, 15) is 9.59 Å². The maximum Gasteiger partial charge on any atom is 0.227 e. The summed E-state index contributed by atoms with van der Waals surface area (Å²) in [6.45, 7) is 1.27. The van der Waals surface area contributed by atoms with Gasteiger partial charge in [-0.2, -0.15) is 0 Å². The van der Waals surface area contributed by atoms with Crippen LogP contribution in [0.3, 0.4) is 0 Å². The molecule has 1 unspecified atom stereocenters. The van der Waals surface area contributed by atoms with Crippen molar-refractivity contribution in [3.63, 3.8) is 0 Å². The molecule has 1 aromatic rings. The van der Waals surface area contributed by atoms with Crippen LogP contribution in [-0.4, -0.2) is 31.4 Å². The van der Waals surface area contributed by atoms with Crippen LogP contribution in [-0.2, 0) is 9.59 Å². The van der Waals surface area contributed by atoms with Crippen molar-refractivity contribution in [2.45, 2.75) is 6.42 Å². The van der Waals surface area contributed by atoms with Crippen LogP contribution in [0.15, 0.2) is 28.7 Å². The Hall–Kier alpha value is -1.40. The minimum absolute atomic E-state index is 0.0222. The molecule has 1 heterocycles. The van der Waals surface area contributed by atoms with Gasteiger partial charge in [0.15, 0.2) is 0 Å². The molecule has 1 aromatic carbocycles. The third kappa shape index (κ3) is 3.33. The quantitative estimate of drug-likeness (QED) is 0.862. The fourth-order valence-corrected chi connectivity index (χ4v) is 2.50. The number of carbonyl (C=O) groups is 2. The minimum Gasteiger partial charge on any atom is -0.355 e. The van der Waals surface area contributed by atoms with E-state index in [1.165, 1.54) is 0 Å². The highest BCUT2D eigenvalue weighted by Gasteiger charge is 2.34. The largest absolute Gasteiger partial charge is 0.355 e. The molecule has 0 radical (unpaired) electrons. The van der Waals surface area contributed by atoms with Gasteiger partial charge in [0.05, 0.1) is 5.92 Å². The van der Waals surface area contributed by atoms with Gasteiger partial charge < -0.3 is 16.0 Å². The van der Waals surface area contributed by atoms with Gasteiger partial charge in [0, 0.05) is 36.2 Å². The van der Waals surface area contributed by atoms with Crippen LogP contribution in [0.2, 0.25) is 0 Å². The standard InChI is InChI=1S/C13H16BrN3O2/c14-10-2-1-3-11(7-10)17-8-9(6-12(17)18)13(19)16-5-4-15/h1-3,7,9H,4-6,8,15H2,(H,16,19). The molecule has 2 amide bonds. The summed E-state index contributed by atoms with van der Waals surface area (Å²) in [7, 11) is 0. The number of nitrogens with two attached hydrogens (primary N) is 1. The zero-order chi connectivity index (χ0) is 13.8. The highest BCUT2D eigenvalue weighted by Crippen LogP contribution is 2.27. The molecule has 1 fully saturated rings. The highest BCUT2D eigenvalue weighted by molar-refractivity contribution is 9.10. The summed E-state index contributed by atoms with van der Waals surface area (Å²) in [5.74, 6) is -0.416. The van der Waals surface area contributed by atoms with Crippen molar-refractivity contribution in [1.82, 2.24) is 5.32 Å². The molecule has 0 saturated carbocycles. The molecule has 1 atom stereocenters. The molecule has 5 nitrogen and oxygen atoms in total. The van der Waals surface area contributed by atoms with Crippen molar-refractivity contribution in [2.75, 3.05) is 24.5 Å². The first-order chi connectivity index (χ1) is 9.11. The van der Waals surface area contributed by atoms with Gasteiger partial charge in [0.1, 0.15) is 0 Å². The molecule has 2 rings (SSSR count). The Balaban J connectivity index is 2.05. The average Bonchev–Trinajstić information content (AvgIpc) is 2.78. The smallest absolute Gasteiger partial charge is 0.227 e. The summed E-state index contributed by atoms with van der Waals surface area (Å²) in [6, 6.07) is 7.50. The van der Waals surface area contributed by atoms with Crippen LogP contribution in [0.25, 0.3) is 0 Å². The number of halogens is 1. The van der Waals surface area contributed by atoms with Crippen LogP contribution in [0.5, 0.6) is 0 Å². The number of anilines is 1. The molecule has 0 bridgehead atoms. The lowest BCUT2D eigenvalue weighted by Gasteiger charge is -2.17. The molecule has 1 aliphatic rings. The number of nitrogens with one attached hydrogen (secondary N) is 1. The minimum atomic E-state index is -0.293. The van der Waals surface area contributed by atoms with Crippen molar-refractivity contribution in [2.24, 2.45) is 11.7 Å². The number of carbonyl (C=O) groups excluding carboxylic acids is 2. The Morgan fingerprint density at radius 2 is 2.32 bits per heavy atom. The van der Waals surface area contributed by atoms with Crippen molar-refractivity contribution in [1.29, 1.82) is 0 Å². The van der Waals surface area contributed by atoms with Gasteiger partial charge in [0.2, 0.25) is 11.8 Å². The summed E-state index contributed by atoms with van der Waals surface area (Å²) < 4.78 is 0.911. The van der Waals surface area contributed by atoms with Crippen molar-refractivity contribution in [3.05, 3.63) is 28.7 Å². The van der Waals surface area contributed by atoms with E-state index in [0.717, 1.165) is 10.2 Å². The normalized spacial score (nSPS) is 18.7. The third-order valence-corrected chi connectivity index (χ3v) is 3.55. The predicted octanol–water partition coefficient (Wildman–Crippen LogP) is 0.877. The Bertz CT molecular complexity index is 493. The van der Waals surface area contributed by atoms with E-state index >= 15 is 0 Å². The number of rotatable bonds is 4. The van der Waals surface area contributed by atoms with Gasteiger partial charge in [0.25, 0.3) is 0 Å². The molecule has 0 aliphatic carbocycles. The van der Waals surface area contributed by atoms with Crippen molar-refractivity contribution < 1.29 is 9.59 Å². The lowest BCUT2D eigenvalue weighted by atomic mass is 10.1. The number of amides is 2. The van der Waals surface area contributed by atoms with Gasteiger partial charge in [-0.3, -0.25) is 9.59 Å². The van der Waals surface area contributed by atoms with Crippen LogP contribution in [0, 0.1) is 5.92 Å². The molecule has 0 aromatic heterocycles. The molecule has 3 N–H and O–H groups in total. The van der Waals surface area contributed by atoms with E-state index in [1.807, 2.05) is 24.3 Å². The van der Waals surface area contributed by atoms with Gasteiger partial charge in [-0.25, -0.2) is 0 Å². The molecule has 1 saturated heterocycles. The lowest BCUT2D eigenvalue weighted by molar-refractivity contribution is -0.126. The Labute approximate surface area is 120 Å². The summed E-state index contributed by atoms with van der Waals surface area (Å²) >= 11 is 3.38. The predicted molar refractivity (Wildman–Crippen MR) is 76.7 cm³/mol. The SMILES string of the molecule is NCCNC(=O)C1CC(=O)N(c2cccc(Br)c2)C1.